The third-order valence-corrected chi connectivity index (χ3v) is 4.63. The van der Waals surface area contributed by atoms with Crippen molar-refractivity contribution in [3.63, 3.8) is 0 Å². The summed E-state index contributed by atoms with van der Waals surface area (Å²) in [6, 6.07) is 8.20. The van der Waals surface area contributed by atoms with Gasteiger partial charge in [-0.3, -0.25) is 9.36 Å². The van der Waals surface area contributed by atoms with E-state index in [0.717, 1.165) is 0 Å². The van der Waals surface area contributed by atoms with Crippen LogP contribution in [-0.4, -0.2) is 24.3 Å². The van der Waals surface area contributed by atoms with Crippen molar-refractivity contribution < 1.29 is 18.6 Å². The van der Waals surface area contributed by atoms with Crippen LogP contribution in [0, 0.1) is 0 Å². The predicted octanol–water partition coefficient (Wildman–Crippen LogP) is 3.21. The maximum absolute atomic E-state index is 12.6. The first-order valence-electron chi connectivity index (χ1n) is 6.68. The number of ether oxygens (including phenoxy) is 1. The van der Waals surface area contributed by atoms with E-state index in [-0.39, 0.29) is 12.3 Å². The molecule has 0 radical (unpaired) electrons. The van der Waals surface area contributed by atoms with Crippen molar-refractivity contribution >= 4 is 13.5 Å². The molecule has 0 heterocycles. The van der Waals surface area contributed by atoms with Crippen molar-refractivity contribution in [1.82, 2.24) is 5.09 Å². The molecule has 0 aliphatic rings. The second kappa shape index (κ2) is 7.46. The van der Waals surface area contributed by atoms with E-state index in [1.54, 1.807) is 52.0 Å². The van der Waals surface area contributed by atoms with Crippen LogP contribution in [0.15, 0.2) is 30.3 Å². The summed E-state index contributed by atoms with van der Waals surface area (Å²) >= 11 is 0. The molecular weight excluding hydrogens is 277 g/mol. The summed E-state index contributed by atoms with van der Waals surface area (Å²) in [6.07, 6.45) is 0.0732. The van der Waals surface area contributed by atoms with Gasteiger partial charge in [0.05, 0.1) is 6.10 Å². The van der Waals surface area contributed by atoms with Gasteiger partial charge in [-0.15, -0.1) is 0 Å². The van der Waals surface area contributed by atoms with Gasteiger partial charge in [-0.25, -0.2) is 5.09 Å². The zero-order valence-electron chi connectivity index (χ0n) is 12.3. The first kappa shape index (κ1) is 16.7. The Hall–Kier alpha value is -1.32. The second-order valence-corrected chi connectivity index (χ2v) is 7.15. The molecule has 0 fully saturated rings. The lowest BCUT2D eigenvalue weighted by Crippen LogP contribution is -2.36. The monoisotopic (exact) mass is 299 g/mol. The zero-order valence-corrected chi connectivity index (χ0v) is 13.2. The summed E-state index contributed by atoms with van der Waals surface area (Å²) in [7, 11) is -3.13. The van der Waals surface area contributed by atoms with Gasteiger partial charge < -0.3 is 9.26 Å². The zero-order chi connectivity index (χ0) is 15.2. The molecule has 0 amide bonds. The highest BCUT2D eigenvalue weighted by Gasteiger charge is 2.28. The van der Waals surface area contributed by atoms with Crippen molar-refractivity contribution in [3.8, 4) is 5.75 Å². The summed E-state index contributed by atoms with van der Waals surface area (Å²) in [5.41, 5.74) is 0. The lowest BCUT2D eigenvalue weighted by atomic mass is 10.3. The molecule has 1 aromatic carbocycles. The van der Waals surface area contributed by atoms with Gasteiger partial charge >= 0.3 is 13.5 Å². The van der Waals surface area contributed by atoms with E-state index in [9.17, 15) is 9.36 Å². The maximum Gasteiger partial charge on any atom is 0.323 e. The molecular formula is C14H22NO4P. The van der Waals surface area contributed by atoms with Gasteiger partial charge in [0.15, 0.2) is 0 Å². The Balaban J connectivity index is 2.70. The van der Waals surface area contributed by atoms with Crippen molar-refractivity contribution in [2.45, 2.75) is 39.8 Å². The van der Waals surface area contributed by atoms with Crippen molar-refractivity contribution in [1.29, 1.82) is 0 Å². The fourth-order valence-corrected chi connectivity index (χ4v) is 3.04. The fraction of sp³-hybridized carbons (Fsp3) is 0.500. The molecule has 0 unspecified atom stereocenters. The van der Waals surface area contributed by atoms with Crippen LogP contribution in [0.5, 0.6) is 5.75 Å². The molecule has 0 aromatic heterocycles. The summed E-state index contributed by atoms with van der Waals surface area (Å²) in [4.78, 5) is 11.7. The van der Waals surface area contributed by atoms with Crippen molar-refractivity contribution in [2.75, 3.05) is 6.16 Å². The Labute approximate surface area is 120 Å². The number of hydrogen-bond donors (Lipinski definition) is 1. The highest BCUT2D eigenvalue weighted by Crippen LogP contribution is 2.42. The maximum atomic E-state index is 12.6. The third-order valence-electron chi connectivity index (χ3n) is 2.51. The summed E-state index contributed by atoms with van der Waals surface area (Å²) in [6.45, 7) is 6.90. The molecule has 0 spiro atoms. The molecule has 0 saturated heterocycles. The SMILES string of the molecule is CC[P@@](=O)(N[C@@H](C)C(=O)OC(C)C)Oc1ccccc1. The Bertz CT molecular complexity index is 475. The Kier molecular flexibility index (Phi) is 6.24. The Morgan fingerprint density at radius 3 is 2.35 bits per heavy atom. The van der Waals surface area contributed by atoms with E-state index >= 15 is 0 Å². The number of esters is 1. The minimum absolute atomic E-state index is 0.206. The van der Waals surface area contributed by atoms with Crippen molar-refractivity contribution in [2.24, 2.45) is 0 Å². The fourth-order valence-electron chi connectivity index (χ4n) is 1.52. The number of nitrogens with one attached hydrogen (secondary N) is 1. The first-order valence-corrected chi connectivity index (χ1v) is 8.49. The van der Waals surface area contributed by atoms with E-state index < -0.39 is 19.5 Å². The lowest BCUT2D eigenvalue weighted by Gasteiger charge is -2.23. The van der Waals surface area contributed by atoms with Crippen LogP contribution in [0.1, 0.15) is 27.7 Å². The van der Waals surface area contributed by atoms with E-state index in [2.05, 4.69) is 5.09 Å². The standard InChI is InChI=1S/C14H22NO4P/c1-5-20(17,19-13-9-7-6-8-10-13)15-12(4)14(16)18-11(2)3/h6-12H,5H2,1-4H3,(H,15,17)/t12-,20-/m0/s1. The van der Waals surface area contributed by atoms with Gasteiger partial charge in [0.1, 0.15) is 11.8 Å². The number of hydrogen-bond acceptors (Lipinski definition) is 4. The van der Waals surface area contributed by atoms with E-state index in [1.165, 1.54) is 0 Å². The lowest BCUT2D eigenvalue weighted by molar-refractivity contribution is -0.149. The van der Waals surface area contributed by atoms with Gasteiger partial charge in [-0.2, -0.15) is 0 Å². The van der Waals surface area contributed by atoms with Crippen LogP contribution in [0.2, 0.25) is 0 Å². The van der Waals surface area contributed by atoms with E-state index in [0.29, 0.717) is 5.75 Å². The van der Waals surface area contributed by atoms with Crippen LogP contribution in [0.3, 0.4) is 0 Å². The second-order valence-electron chi connectivity index (χ2n) is 4.73. The number of para-hydroxylation sites is 1. The number of benzene rings is 1. The smallest absolute Gasteiger partial charge is 0.323 e. The van der Waals surface area contributed by atoms with Gasteiger partial charge in [0.25, 0.3) is 0 Å². The third kappa shape index (κ3) is 5.35. The van der Waals surface area contributed by atoms with Gasteiger partial charge in [0, 0.05) is 6.16 Å². The molecule has 6 heteroatoms. The normalized spacial score (nSPS) is 15.4. The number of carbonyl (C=O) groups is 1. The molecule has 1 rings (SSSR count). The van der Waals surface area contributed by atoms with Gasteiger partial charge in [-0.05, 0) is 32.9 Å². The molecule has 5 nitrogen and oxygen atoms in total. The molecule has 0 aliphatic heterocycles. The van der Waals surface area contributed by atoms with Crippen molar-refractivity contribution in [3.05, 3.63) is 30.3 Å². The van der Waals surface area contributed by atoms with Crippen LogP contribution < -0.4 is 9.61 Å². The largest absolute Gasteiger partial charge is 0.462 e. The highest BCUT2D eigenvalue weighted by molar-refractivity contribution is 7.57. The predicted molar refractivity (Wildman–Crippen MR) is 79.0 cm³/mol. The molecule has 0 aliphatic carbocycles. The average molecular weight is 299 g/mol. The number of carbonyl (C=O) groups excluding carboxylic acids is 1. The highest BCUT2D eigenvalue weighted by atomic mass is 31.2. The summed E-state index contributed by atoms with van der Waals surface area (Å²) in [5, 5.41) is 2.76. The minimum atomic E-state index is -3.13. The molecule has 112 valence electrons. The molecule has 0 saturated carbocycles. The molecule has 1 aromatic rings. The molecule has 1 N–H and O–H groups in total. The Morgan fingerprint density at radius 1 is 1.25 bits per heavy atom. The molecule has 20 heavy (non-hydrogen) atoms. The van der Waals surface area contributed by atoms with Gasteiger partial charge in [0.2, 0.25) is 0 Å². The molecule has 0 bridgehead atoms. The van der Waals surface area contributed by atoms with Gasteiger partial charge in [-0.1, -0.05) is 25.1 Å². The summed E-state index contributed by atoms with van der Waals surface area (Å²) < 4.78 is 23.2. The molecule has 2 atom stereocenters. The average Bonchev–Trinajstić information content (AvgIpc) is 2.39. The van der Waals surface area contributed by atoms with Crippen LogP contribution in [-0.2, 0) is 14.1 Å². The quantitative estimate of drug-likeness (QED) is 0.618. The van der Waals surface area contributed by atoms with Crippen LogP contribution in [0.25, 0.3) is 0 Å². The Morgan fingerprint density at radius 2 is 1.85 bits per heavy atom. The first-order chi connectivity index (χ1) is 9.36. The van der Waals surface area contributed by atoms with E-state index in [1.807, 2.05) is 6.07 Å². The van der Waals surface area contributed by atoms with E-state index in [4.69, 9.17) is 9.26 Å². The van der Waals surface area contributed by atoms with Crippen LogP contribution >= 0.6 is 7.52 Å². The topological polar surface area (TPSA) is 64.6 Å². The van der Waals surface area contributed by atoms with Crippen LogP contribution in [0.4, 0.5) is 0 Å². The number of rotatable bonds is 7. The summed E-state index contributed by atoms with van der Waals surface area (Å²) in [5.74, 6) is 0.0694. The minimum Gasteiger partial charge on any atom is -0.462 e.